The quantitative estimate of drug-likeness (QED) is 0.658. The van der Waals surface area contributed by atoms with Crippen molar-refractivity contribution < 1.29 is 9.59 Å². The summed E-state index contributed by atoms with van der Waals surface area (Å²) < 4.78 is 1.52. The normalized spacial score (nSPS) is 11.1. The minimum atomic E-state index is -0.567. The number of carbonyl (C=O) groups is 2. The third-order valence-electron chi connectivity index (χ3n) is 2.25. The summed E-state index contributed by atoms with van der Waals surface area (Å²) in [7, 11) is 1.44. The molecule has 3 amide bonds. The number of nitrogens with two attached hydrogens (primary N) is 1. The van der Waals surface area contributed by atoms with Gasteiger partial charge in [0.2, 0.25) is 5.91 Å². The van der Waals surface area contributed by atoms with E-state index in [1.807, 2.05) is 13.8 Å². The van der Waals surface area contributed by atoms with Crippen LogP contribution in [0.3, 0.4) is 0 Å². The summed E-state index contributed by atoms with van der Waals surface area (Å²) in [6.07, 6.45) is 1.83. The third kappa shape index (κ3) is 4.13. The largest absolute Gasteiger partial charge is 0.341 e. The van der Waals surface area contributed by atoms with E-state index in [-0.39, 0.29) is 12.3 Å². The predicted octanol–water partition coefficient (Wildman–Crippen LogP) is -0.682. The van der Waals surface area contributed by atoms with E-state index in [1.54, 1.807) is 6.20 Å². The lowest BCUT2D eigenvalue weighted by Gasteiger charge is -2.13. The first-order chi connectivity index (χ1) is 8.32. The van der Waals surface area contributed by atoms with E-state index in [2.05, 4.69) is 20.9 Å². The molecule has 0 saturated heterocycles. The Hall–Kier alpha value is -1.96. The van der Waals surface area contributed by atoms with Gasteiger partial charge in [-0.15, -0.1) is 5.10 Å². The minimum Gasteiger partial charge on any atom is -0.341 e. The number of amides is 3. The fourth-order valence-electron chi connectivity index (χ4n) is 1.17. The topological polar surface area (TPSA) is 115 Å². The molecule has 0 aliphatic carbocycles. The minimum absolute atomic E-state index is 0.140. The van der Waals surface area contributed by atoms with Crippen molar-refractivity contribution in [1.29, 1.82) is 0 Å². The van der Waals surface area contributed by atoms with Crippen LogP contribution >= 0.6 is 0 Å². The van der Waals surface area contributed by atoms with Crippen molar-refractivity contribution in [2.75, 3.05) is 7.05 Å². The molecule has 1 rings (SSSR count). The molecule has 8 nitrogen and oxygen atoms in total. The van der Waals surface area contributed by atoms with E-state index in [4.69, 9.17) is 5.73 Å². The van der Waals surface area contributed by atoms with Crippen LogP contribution in [0.2, 0.25) is 0 Å². The fourth-order valence-corrected chi connectivity index (χ4v) is 1.17. The third-order valence-corrected chi connectivity index (χ3v) is 2.25. The van der Waals surface area contributed by atoms with E-state index < -0.39 is 11.6 Å². The zero-order valence-electron chi connectivity index (χ0n) is 10.7. The van der Waals surface area contributed by atoms with Crippen molar-refractivity contribution in [2.45, 2.75) is 32.4 Å². The second-order valence-electron chi connectivity index (χ2n) is 4.47. The van der Waals surface area contributed by atoms with Crippen LogP contribution in [0.5, 0.6) is 0 Å². The molecular formula is C10H18N6O2. The van der Waals surface area contributed by atoms with Gasteiger partial charge in [-0.2, -0.15) is 0 Å². The van der Waals surface area contributed by atoms with Crippen molar-refractivity contribution in [3.8, 4) is 0 Å². The fraction of sp³-hybridized carbons (Fsp3) is 0.600. The first kappa shape index (κ1) is 14.1. The number of aryl methyl sites for hydroxylation is 1. The molecule has 0 atom stereocenters. The summed E-state index contributed by atoms with van der Waals surface area (Å²) >= 11 is 0. The summed E-state index contributed by atoms with van der Waals surface area (Å²) in [4.78, 5) is 22.2. The van der Waals surface area contributed by atoms with Crippen molar-refractivity contribution in [2.24, 2.45) is 5.73 Å². The molecule has 0 aromatic carbocycles. The number of hydrogen-bond donors (Lipinski definition) is 3. The number of rotatable bonds is 4. The zero-order valence-corrected chi connectivity index (χ0v) is 10.7. The number of carbonyl (C=O) groups excluding carboxylic acids is 2. The second kappa shape index (κ2) is 5.58. The predicted molar refractivity (Wildman–Crippen MR) is 64.5 cm³/mol. The average Bonchev–Trinajstić information content (AvgIpc) is 2.74. The standard InChI is InChI=1S/C10H18N6O2/c1-10(2,11)7-6-16(15-14-7)5-4-8(17)13-9(18)12-3/h6H,4-5,11H2,1-3H3,(H2,12,13,17,18). The van der Waals surface area contributed by atoms with Crippen LogP contribution < -0.4 is 16.4 Å². The van der Waals surface area contributed by atoms with Crippen LogP contribution in [0.25, 0.3) is 0 Å². The highest BCUT2D eigenvalue weighted by atomic mass is 16.2. The maximum absolute atomic E-state index is 11.3. The zero-order chi connectivity index (χ0) is 13.8. The summed E-state index contributed by atoms with van der Waals surface area (Å²) in [5, 5.41) is 12.2. The Labute approximate surface area is 105 Å². The first-order valence-corrected chi connectivity index (χ1v) is 5.54. The molecule has 8 heteroatoms. The lowest BCUT2D eigenvalue weighted by Crippen LogP contribution is -2.37. The van der Waals surface area contributed by atoms with E-state index in [0.29, 0.717) is 12.2 Å². The summed E-state index contributed by atoms with van der Waals surface area (Å²) in [6.45, 7) is 3.98. The van der Waals surface area contributed by atoms with Crippen molar-refractivity contribution in [3.05, 3.63) is 11.9 Å². The Morgan fingerprint density at radius 2 is 2.17 bits per heavy atom. The summed E-state index contributed by atoms with van der Waals surface area (Å²) in [5.74, 6) is -0.376. The molecule has 1 aromatic heterocycles. The maximum atomic E-state index is 11.3. The highest BCUT2D eigenvalue weighted by molar-refractivity contribution is 5.94. The van der Waals surface area contributed by atoms with Gasteiger partial charge in [0.05, 0.1) is 18.3 Å². The van der Waals surface area contributed by atoms with Gasteiger partial charge in [0.15, 0.2) is 0 Å². The van der Waals surface area contributed by atoms with E-state index in [0.717, 1.165) is 0 Å². The smallest absolute Gasteiger partial charge is 0.321 e. The molecule has 100 valence electrons. The van der Waals surface area contributed by atoms with Gasteiger partial charge in [-0.3, -0.25) is 14.8 Å². The number of hydrogen-bond acceptors (Lipinski definition) is 5. The Kier molecular flexibility index (Phi) is 4.38. The van der Waals surface area contributed by atoms with Crippen LogP contribution in [0, 0.1) is 0 Å². The molecule has 18 heavy (non-hydrogen) atoms. The Morgan fingerprint density at radius 3 is 2.67 bits per heavy atom. The lowest BCUT2D eigenvalue weighted by atomic mass is 10.0. The van der Waals surface area contributed by atoms with Crippen molar-refractivity contribution in [1.82, 2.24) is 25.6 Å². The molecule has 1 aromatic rings. The van der Waals surface area contributed by atoms with Crippen LogP contribution in [0.15, 0.2) is 6.20 Å². The van der Waals surface area contributed by atoms with Crippen LogP contribution in [-0.2, 0) is 16.9 Å². The molecule has 0 fully saturated rings. The highest BCUT2D eigenvalue weighted by Crippen LogP contribution is 2.12. The Morgan fingerprint density at radius 1 is 1.50 bits per heavy atom. The SMILES string of the molecule is CNC(=O)NC(=O)CCn1cc(C(C)(C)N)nn1. The summed E-state index contributed by atoms with van der Waals surface area (Å²) in [6, 6.07) is -0.526. The van der Waals surface area contributed by atoms with Gasteiger partial charge in [-0.1, -0.05) is 5.21 Å². The Bertz CT molecular complexity index is 434. The van der Waals surface area contributed by atoms with E-state index in [9.17, 15) is 9.59 Å². The van der Waals surface area contributed by atoms with Crippen molar-refractivity contribution >= 4 is 11.9 Å². The molecule has 0 aliphatic heterocycles. The number of imide groups is 1. The van der Waals surface area contributed by atoms with Crippen molar-refractivity contribution in [3.63, 3.8) is 0 Å². The van der Waals surface area contributed by atoms with Crippen LogP contribution in [-0.4, -0.2) is 34.0 Å². The molecule has 0 aliphatic rings. The van der Waals surface area contributed by atoms with E-state index in [1.165, 1.54) is 11.7 Å². The van der Waals surface area contributed by atoms with E-state index >= 15 is 0 Å². The highest BCUT2D eigenvalue weighted by Gasteiger charge is 2.18. The van der Waals surface area contributed by atoms with Gasteiger partial charge >= 0.3 is 6.03 Å². The Balaban J connectivity index is 2.47. The van der Waals surface area contributed by atoms with Crippen LogP contribution in [0.1, 0.15) is 26.0 Å². The van der Waals surface area contributed by atoms with Gasteiger partial charge in [0, 0.05) is 13.5 Å². The average molecular weight is 254 g/mol. The van der Waals surface area contributed by atoms with Gasteiger partial charge in [-0.05, 0) is 13.8 Å². The maximum Gasteiger partial charge on any atom is 0.321 e. The molecular weight excluding hydrogens is 236 g/mol. The summed E-state index contributed by atoms with van der Waals surface area (Å²) in [5.41, 5.74) is 5.94. The molecule has 0 radical (unpaired) electrons. The lowest BCUT2D eigenvalue weighted by molar-refractivity contribution is -0.120. The van der Waals surface area contributed by atoms with Crippen LogP contribution in [0.4, 0.5) is 4.79 Å². The second-order valence-corrected chi connectivity index (χ2v) is 4.47. The molecule has 1 heterocycles. The van der Waals surface area contributed by atoms with Gasteiger partial charge in [0.25, 0.3) is 0 Å². The molecule has 4 N–H and O–H groups in total. The number of nitrogens with zero attached hydrogens (tertiary/aromatic N) is 3. The number of aromatic nitrogens is 3. The van der Waals surface area contributed by atoms with Gasteiger partial charge in [0.1, 0.15) is 5.69 Å². The first-order valence-electron chi connectivity index (χ1n) is 5.54. The number of nitrogens with one attached hydrogen (secondary N) is 2. The number of urea groups is 1. The van der Waals surface area contributed by atoms with Gasteiger partial charge < -0.3 is 11.1 Å². The van der Waals surface area contributed by atoms with Gasteiger partial charge in [-0.25, -0.2) is 4.79 Å². The molecule has 0 spiro atoms. The monoisotopic (exact) mass is 254 g/mol. The molecule has 0 bridgehead atoms. The molecule has 0 saturated carbocycles. The molecule has 0 unspecified atom stereocenters.